The number of fused-ring (bicyclic) bond motifs is 1. The molecule has 2 amide bonds. The summed E-state index contributed by atoms with van der Waals surface area (Å²) in [5.74, 6) is 0.0378. The number of anilines is 1. The molecule has 3 rings (SSSR count). The molecule has 0 spiro atoms. The zero-order valence-corrected chi connectivity index (χ0v) is 18.6. The minimum absolute atomic E-state index is 0.0186. The Bertz CT molecular complexity index is 1040. The Morgan fingerprint density at radius 2 is 1.88 bits per heavy atom. The van der Waals surface area contributed by atoms with Crippen molar-refractivity contribution < 1.29 is 9.59 Å². The number of nitrogens with zero attached hydrogens (tertiary/aromatic N) is 3. The van der Waals surface area contributed by atoms with Crippen molar-refractivity contribution in [3.8, 4) is 0 Å². The van der Waals surface area contributed by atoms with Gasteiger partial charge >= 0.3 is 0 Å². The normalized spacial score (nSPS) is 12.8. The molecule has 0 saturated heterocycles. The van der Waals surface area contributed by atoms with Crippen molar-refractivity contribution in [1.29, 1.82) is 0 Å². The first-order chi connectivity index (χ1) is 15.4. The number of aliphatic imine (C=N–C) groups is 1. The van der Waals surface area contributed by atoms with E-state index in [0.29, 0.717) is 48.0 Å². The first kappa shape index (κ1) is 23.1. The van der Waals surface area contributed by atoms with E-state index < -0.39 is 0 Å². The maximum Gasteiger partial charge on any atom is 0.255 e. The van der Waals surface area contributed by atoms with Crippen LogP contribution >= 0.6 is 0 Å². The van der Waals surface area contributed by atoms with Gasteiger partial charge in [-0.25, -0.2) is 4.99 Å². The molecule has 1 aromatic heterocycles. The van der Waals surface area contributed by atoms with E-state index in [0.717, 1.165) is 24.1 Å². The number of amides is 2. The van der Waals surface area contributed by atoms with Gasteiger partial charge in [0.25, 0.3) is 5.91 Å². The Balaban J connectivity index is 1.84. The molecule has 8 heteroatoms. The van der Waals surface area contributed by atoms with E-state index >= 15 is 0 Å². The first-order valence-corrected chi connectivity index (χ1v) is 10.9. The molecule has 32 heavy (non-hydrogen) atoms. The molecule has 0 aliphatic carbocycles. The molecule has 0 saturated carbocycles. The summed E-state index contributed by atoms with van der Waals surface area (Å²) >= 11 is 0. The fraction of sp³-hybridized carbons (Fsp3) is 0.333. The molecule has 0 radical (unpaired) electrons. The molecule has 0 bridgehead atoms. The highest BCUT2D eigenvalue weighted by atomic mass is 16.2. The second-order valence-electron chi connectivity index (χ2n) is 7.71. The summed E-state index contributed by atoms with van der Waals surface area (Å²) in [6.45, 7) is 5.85. The smallest absolute Gasteiger partial charge is 0.255 e. The number of hydrogen-bond acceptors (Lipinski definition) is 6. The van der Waals surface area contributed by atoms with Crippen molar-refractivity contribution in [3.05, 3.63) is 58.9 Å². The lowest BCUT2D eigenvalue weighted by Gasteiger charge is -2.22. The highest BCUT2D eigenvalue weighted by molar-refractivity contribution is 6.07. The fourth-order valence-electron chi connectivity index (χ4n) is 3.55. The summed E-state index contributed by atoms with van der Waals surface area (Å²) in [5.41, 5.74) is 15.4. The lowest BCUT2D eigenvalue weighted by Crippen LogP contribution is -2.34. The molecule has 1 aliphatic heterocycles. The SMILES string of the molecule is CCCN(CCC)C(=O)C1=Cc2ccc(C(=O)Nc3ccc(CN)nc3)cc2N=C(N)C1. The van der Waals surface area contributed by atoms with Gasteiger partial charge in [-0.2, -0.15) is 0 Å². The van der Waals surface area contributed by atoms with Gasteiger partial charge in [0.2, 0.25) is 5.91 Å². The highest BCUT2D eigenvalue weighted by Gasteiger charge is 2.21. The lowest BCUT2D eigenvalue weighted by molar-refractivity contribution is -0.127. The average molecular weight is 435 g/mol. The molecule has 1 aliphatic rings. The Morgan fingerprint density at radius 3 is 2.50 bits per heavy atom. The zero-order chi connectivity index (χ0) is 23.1. The van der Waals surface area contributed by atoms with Crippen LogP contribution in [0.3, 0.4) is 0 Å². The van der Waals surface area contributed by atoms with Gasteiger partial charge in [-0.05, 0) is 43.2 Å². The van der Waals surface area contributed by atoms with Crippen molar-refractivity contribution in [2.45, 2.75) is 39.7 Å². The number of benzene rings is 1. The summed E-state index contributed by atoms with van der Waals surface area (Å²) in [6, 6.07) is 8.70. The molecule has 0 atom stereocenters. The van der Waals surface area contributed by atoms with Crippen LogP contribution in [-0.4, -0.2) is 40.6 Å². The maximum atomic E-state index is 13.1. The Kier molecular flexibility index (Phi) is 7.72. The van der Waals surface area contributed by atoms with Crippen LogP contribution < -0.4 is 16.8 Å². The maximum absolute atomic E-state index is 13.1. The molecule has 2 heterocycles. The Labute approximate surface area is 188 Å². The van der Waals surface area contributed by atoms with Crippen molar-refractivity contribution in [3.63, 3.8) is 0 Å². The predicted molar refractivity (Wildman–Crippen MR) is 128 cm³/mol. The van der Waals surface area contributed by atoms with Gasteiger partial charge in [-0.15, -0.1) is 0 Å². The van der Waals surface area contributed by atoms with Crippen LogP contribution in [0.25, 0.3) is 6.08 Å². The highest BCUT2D eigenvalue weighted by Crippen LogP contribution is 2.28. The minimum Gasteiger partial charge on any atom is -0.387 e. The molecule has 2 aromatic rings. The molecule has 5 N–H and O–H groups in total. The van der Waals surface area contributed by atoms with Crippen molar-refractivity contribution >= 4 is 35.1 Å². The van der Waals surface area contributed by atoms with Crippen molar-refractivity contribution in [1.82, 2.24) is 9.88 Å². The fourth-order valence-corrected chi connectivity index (χ4v) is 3.55. The summed E-state index contributed by atoms with van der Waals surface area (Å²) < 4.78 is 0. The van der Waals surface area contributed by atoms with E-state index in [9.17, 15) is 9.59 Å². The average Bonchev–Trinajstić information content (AvgIpc) is 2.96. The van der Waals surface area contributed by atoms with E-state index in [2.05, 4.69) is 29.1 Å². The number of nitrogens with two attached hydrogens (primary N) is 2. The number of nitrogens with one attached hydrogen (secondary N) is 1. The zero-order valence-electron chi connectivity index (χ0n) is 18.6. The predicted octanol–water partition coefficient (Wildman–Crippen LogP) is 3.22. The van der Waals surface area contributed by atoms with Crippen LogP contribution in [0.4, 0.5) is 11.4 Å². The summed E-state index contributed by atoms with van der Waals surface area (Å²) in [7, 11) is 0. The van der Waals surface area contributed by atoms with E-state index in [1.165, 1.54) is 0 Å². The number of rotatable bonds is 8. The molecule has 0 fully saturated rings. The minimum atomic E-state index is -0.287. The van der Waals surface area contributed by atoms with E-state index in [4.69, 9.17) is 11.5 Å². The molecule has 8 nitrogen and oxygen atoms in total. The number of pyridine rings is 1. The number of carbonyl (C=O) groups excluding carboxylic acids is 2. The van der Waals surface area contributed by atoms with Crippen LogP contribution in [0.5, 0.6) is 0 Å². The quantitative estimate of drug-likeness (QED) is 0.588. The van der Waals surface area contributed by atoms with Crippen LogP contribution in [-0.2, 0) is 11.3 Å². The third-order valence-corrected chi connectivity index (χ3v) is 5.10. The van der Waals surface area contributed by atoms with E-state index in [1.807, 2.05) is 11.0 Å². The van der Waals surface area contributed by atoms with E-state index in [-0.39, 0.29) is 18.2 Å². The second-order valence-corrected chi connectivity index (χ2v) is 7.71. The second kappa shape index (κ2) is 10.7. The van der Waals surface area contributed by atoms with E-state index in [1.54, 1.807) is 36.5 Å². The van der Waals surface area contributed by atoms with Gasteiger partial charge in [0.05, 0.1) is 23.3 Å². The van der Waals surface area contributed by atoms with Gasteiger partial charge in [0, 0.05) is 42.8 Å². The van der Waals surface area contributed by atoms with Gasteiger partial charge in [0.15, 0.2) is 0 Å². The lowest BCUT2D eigenvalue weighted by atomic mass is 10.0. The molecular weight excluding hydrogens is 404 g/mol. The standard InChI is InChI=1S/C24H30N6O2/c1-3-9-30(10-4-2)24(32)18-11-16-5-6-17(12-21(16)29-22(26)13-18)23(31)28-20-8-7-19(14-25)27-15-20/h5-8,11-12,15H,3-4,9-10,13-14,25H2,1-2H3,(H2,26,29)(H,28,31). The topological polar surface area (TPSA) is 127 Å². The van der Waals surface area contributed by atoms with Crippen LogP contribution in [0.2, 0.25) is 0 Å². The Morgan fingerprint density at radius 1 is 1.12 bits per heavy atom. The number of hydrogen-bond donors (Lipinski definition) is 3. The Hall–Kier alpha value is -3.52. The monoisotopic (exact) mass is 434 g/mol. The third-order valence-electron chi connectivity index (χ3n) is 5.10. The third kappa shape index (κ3) is 5.59. The number of aromatic nitrogens is 1. The van der Waals surface area contributed by atoms with Crippen LogP contribution in [0.15, 0.2) is 47.1 Å². The van der Waals surface area contributed by atoms with Crippen molar-refractivity contribution in [2.75, 3.05) is 18.4 Å². The molecule has 168 valence electrons. The number of carbonyl (C=O) groups is 2. The largest absolute Gasteiger partial charge is 0.387 e. The van der Waals surface area contributed by atoms with Gasteiger partial charge < -0.3 is 21.7 Å². The molecular formula is C24H30N6O2. The van der Waals surface area contributed by atoms with Gasteiger partial charge in [-0.3, -0.25) is 14.6 Å². The van der Waals surface area contributed by atoms with Crippen LogP contribution in [0.1, 0.15) is 54.7 Å². The van der Waals surface area contributed by atoms with Crippen molar-refractivity contribution in [2.24, 2.45) is 16.5 Å². The first-order valence-electron chi connectivity index (χ1n) is 10.9. The molecule has 1 aromatic carbocycles. The summed E-state index contributed by atoms with van der Waals surface area (Å²) in [4.78, 5) is 36.3. The molecule has 0 unspecified atom stereocenters. The number of amidine groups is 1. The van der Waals surface area contributed by atoms with Crippen LogP contribution in [0, 0.1) is 0 Å². The van der Waals surface area contributed by atoms with Gasteiger partial charge in [-0.1, -0.05) is 19.9 Å². The van der Waals surface area contributed by atoms with Gasteiger partial charge in [0.1, 0.15) is 5.84 Å². The summed E-state index contributed by atoms with van der Waals surface area (Å²) in [5, 5.41) is 2.82. The summed E-state index contributed by atoms with van der Waals surface area (Å²) in [6.07, 6.45) is 5.46.